The molecule has 0 bridgehead atoms. The molecule has 2 aliphatic carbocycles. The van der Waals surface area contributed by atoms with E-state index in [-0.39, 0.29) is 55.4 Å². The molecule has 2 N–H and O–H groups in total. The summed E-state index contributed by atoms with van der Waals surface area (Å²) >= 11 is 6.64. The first-order chi connectivity index (χ1) is 34.0. The maximum absolute atomic E-state index is 15.6. The largest absolute Gasteiger partial charge is 0.465 e. The number of pyridine rings is 1. The van der Waals surface area contributed by atoms with Crippen molar-refractivity contribution < 1.29 is 80.2 Å². The number of benzene rings is 2. The number of carboxylic acid groups (broad SMARTS) is 1. The number of carbonyl (C=O) groups is 3. The number of nitrogens with one attached hydrogen (secondary N) is 1. The highest BCUT2D eigenvalue weighted by Gasteiger charge is 2.68. The third kappa shape index (κ3) is 11.3. The van der Waals surface area contributed by atoms with Crippen LogP contribution >= 0.6 is 11.6 Å². The van der Waals surface area contributed by atoms with E-state index in [9.17, 15) is 71.4 Å². The second-order valence-electron chi connectivity index (χ2n) is 18.2. The Hall–Kier alpha value is -6.47. The van der Waals surface area contributed by atoms with Crippen molar-refractivity contribution in [2.45, 2.75) is 87.6 Å². The fraction of sp³-hybridized carbons (Fsp3) is 0.422. The van der Waals surface area contributed by atoms with Crippen molar-refractivity contribution in [2.24, 2.45) is 5.92 Å². The zero-order valence-electron chi connectivity index (χ0n) is 39.1. The minimum Gasteiger partial charge on any atom is -0.465 e. The Morgan fingerprint density at radius 2 is 1.59 bits per heavy atom. The van der Waals surface area contributed by atoms with Crippen molar-refractivity contribution in [1.29, 1.82) is 0 Å². The van der Waals surface area contributed by atoms with E-state index >= 15 is 8.78 Å². The average Bonchev–Trinajstić information content (AvgIpc) is 3.77. The summed E-state index contributed by atoms with van der Waals surface area (Å²) in [5.41, 5.74) is -6.01. The molecule has 2 aromatic carbocycles. The van der Waals surface area contributed by atoms with Gasteiger partial charge in [-0.05, 0) is 80.8 Å². The Kier molecular flexibility index (Phi) is 14.5. The summed E-state index contributed by atoms with van der Waals surface area (Å²) in [5.74, 6) is -7.37. The molecule has 16 nitrogen and oxygen atoms in total. The van der Waals surface area contributed by atoms with Gasteiger partial charge in [-0.3, -0.25) is 19.0 Å². The third-order valence-electron chi connectivity index (χ3n) is 12.3. The van der Waals surface area contributed by atoms with Gasteiger partial charge in [0, 0.05) is 54.9 Å². The molecular formula is C45H41ClF10N8O8S2. The summed E-state index contributed by atoms with van der Waals surface area (Å²) in [5, 5.41) is 17.9. The van der Waals surface area contributed by atoms with Gasteiger partial charge in [0.1, 0.15) is 40.9 Å². The molecule has 0 spiro atoms. The van der Waals surface area contributed by atoms with Crippen molar-refractivity contribution >= 4 is 66.1 Å². The quantitative estimate of drug-likeness (QED) is 0.0759. The molecule has 1 saturated carbocycles. The highest BCUT2D eigenvalue weighted by atomic mass is 35.5. The lowest BCUT2D eigenvalue weighted by atomic mass is 9.93. The van der Waals surface area contributed by atoms with Crippen molar-refractivity contribution in [3.05, 3.63) is 93.0 Å². The van der Waals surface area contributed by atoms with Gasteiger partial charge in [-0.15, -0.1) is 0 Å². The standard InChI is InChI=1S/C45H41ClF10N8O8S2/c1-42(2,73(4,69)70)13-12-25-8-9-26(27-10-11-30(46)35-37(27)63(21-43(49,50)51)60-40(35)64(74(5,71)72)33(66)7-6-14-61(3)41(67)68)36(57-25)31(17-22-15-23(47)18-24(48)16-22)58-32(65)20-62-39-34(38(59-62)45(54,55)56)28-19-29(28)44(39,52)53/h8-11,15-16,18,28-29,31H,6-7,14,17,19-21H2,1-5H3,(H,58,65)(H,67,68)/t28-,29+,31-/m0/s1. The predicted octanol–water partition coefficient (Wildman–Crippen LogP) is 7.97. The van der Waals surface area contributed by atoms with Crippen LogP contribution in [0.1, 0.15) is 79.0 Å². The van der Waals surface area contributed by atoms with E-state index in [4.69, 9.17) is 11.6 Å². The van der Waals surface area contributed by atoms with Gasteiger partial charge in [0.2, 0.25) is 21.8 Å². The maximum atomic E-state index is 15.6. The molecule has 7 rings (SSSR count). The first-order valence-corrected chi connectivity index (χ1v) is 25.9. The molecule has 398 valence electrons. The van der Waals surface area contributed by atoms with Crippen LogP contribution in [0.3, 0.4) is 0 Å². The zero-order valence-corrected chi connectivity index (χ0v) is 41.5. The van der Waals surface area contributed by atoms with Gasteiger partial charge in [-0.2, -0.15) is 49.6 Å². The second-order valence-corrected chi connectivity index (χ2v) is 23.0. The minimum atomic E-state index is -5.23. The zero-order chi connectivity index (χ0) is 55.0. The fourth-order valence-corrected chi connectivity index (χ4v) is 9.90. The van der Waals surface area contributed by atoms with Crippen molar-refractivity contribution in [2.75, 3.05) is 30.4 Å². The highest BCUT2D eigenvalue weighted by molar-refractivity contribution is 7.93. The molecule has 5 aromatic rings. The number of rotatable bonds is 15. The highest BCUT2D eigenvalue weighted by Crippen LogP contribution is 2.68. The lowest BCUT2D eigenvalue weighted by Crippen LogP contribution is -2.37. The van der Waals surface area contributed by atoms with E-state index in [1.807, 2.05) is 0 Å². The molecule has 0 saturated heterocycles. The van der Waals surface area contributed by atoms with Crippen LogP contribution in [0, 0.1) is 29.4 Å². The molecule has 3 amide bonds. The van der Waals surface area contributed by atoms with Gasteiger partial charge in [-0.1, -0.05) is 23.6 Å². The number of hydrogen-bond acceptors (Lipinski definition) is 10. The Morgan fingerprint density at radius 1 is 0.959 bits per heavy atom. The summed E-state index contributed by atoms with van der Waals surface area (Å²) in [6.07, 6.45) is -12.4. The van der Waals surface area contributed by atoms with E-state index < -0.39 is 161 Å². The van der Waals surface area contributed by atoms with Gasteiger partial charge < -0.3 is 15.3 Å². The summed E-state index contributed by atoms with van der Waals surface area (Å²) < 4.78 is 198. The molecule has 3 aromatic heterocycles. The van der Waals surface area contributed by atoms with E-state index in [0.29, 0.717) is 12.3 Å². The molecule has 1 fully saturated rings. The average molecular weight is 1110 g/mol. The Bertz CT molecular complexity index is 3410. The molecule has 74 heavy (non-hydrogen) atoms. The predicted molar refractivity (Wildman–Crippen MR) is 245 cm³/mol. The number of sulfonamides is 1. The number of sulfone groups is 1. The van der Waals surface area contributed by atoms with E-state index in [1.165, 1.54) is 13.8 Å². The van der Waals surface area contributed by atoms with Gasteiger partial charge in [0.25, 0.3) is 5.92 Å². The number of amides is 3. The molecule has 0 radical (unpaired) electrons. The van der Waals surface area contributed by atoms with Crippen molar-refractivity contribution in [3.8, 4) is 23.0 Å². The Morgan fingerprint density at radius 3 is 2.18 bits per heavy atom. The summed E-state index contributed by atoms with van der Waals surface area (Å²) in [7, 11) is -7.58. The first kappa shape index (κ1) is 55.3. The number of anilines is 1. The molecule has 2 aliphatic rings. The Labute approximate surface area is 419 Å². The number of nitrogens with zero attached hydrogens (tertiary/aromatic N) is 7. The Balaban J connectivity index is 1.47. The van der Waals surface area contributed by atoms with Crippen LogP contribution < -0.4 is 9.62 Å². The minimum absolute atomic E-state index is 0.0742. The molecule has 0 aliphatic heterocycles. The SMILES string of the molecule is CN(CCCC(=O)N(c1nn(CC(F)(F)F)c2c(-c3ccc(C#CC(C)(C)S(C)(=O)=O)nc3[C@H](Cc3cc(F)cc(F)c3)NC(=O)Cn3nc(C(F)(F)F)c4c3C(F)(F)[C@@H]3C[C@H]43)ccc(Cl)c12)S(C)(=O)=O)C(=O)O. The second kappa shape index (κ2) is 19.3. The molecule has 0 unspecified atom stereocenters. The molecule has 29 heteroatoms. The van der Waals surface area contributed by atoms with E-state index in [2.05, 4.69) is 32.3 Å². The van der Waals surface area contributed by atoms with Crippen LogP contribution in [0.5, 0.6) is 0 Å². The van der Waals surface area contributed by atoms with Crippen LogP contribution in [0.25, 0.3) is 22.0 Å². The maximum Gasteiger partial charge on any atom is 0.435 e. The number of carbonyl (C=O) groups excluding carboxylic acids is 2. The summed E-state index contributed by atoms with van der Waals surface area (Å²) in [4.78, 5) is 44.6. The topological polar surface area (TPSA) is 207 Å². The monoisotopic (exact) mass is 1110 g/mol. The first-order valence-electron chi connectivity index (χ1n) is 21.8. The van der Waals surface area contributed by atoms with Crippen LogP contribution in [0.15, 0.2) is 42.5 Å². The van der Waals surface area contributed by atoms with Crippen molar-refractivity contribution in [1.82, 2.24) is 34.8 Å². The number of fused-ring (bicyclic) bond motifs is 4. The third-order valence-corrected chi connectivity index (χ3v) is 15.6. The van der Waals surface area contributed by atoms with Crippen LogP contribution in [-0.2, 0) is 61.1 Å². The number of alkyl halides is 8. The van der Waals surface area contributed by atoms with Crippen molar-refractivity contribution in [3.63, 3.8) is 0 Å². The van der Waals surface area contributed by atoms with Gasteiger partial charge in [0.05, 0.1) is 33.9 Å². The number of halogens is 11. The summed E-state index contributed by atoms with van der Waals surface area (Å²) in [6.45, 7) is -1.15. The molecular weight excluding hydrogens is 1070 g/mol. The summed E-state index contributed by atoms with van der Waals surface area (Å²) in [6, 6.07) is 4.68. The number of hydrogen-bond donors (Lipinski definition) is 2. The number of aromatic nitrogens is 5. The smallest absolute Gasteiger partial charge is 0.435 e. The van der Waals surface area contributed by atoms with Gasteiger partial charge >= 0.3 is 18.4 Å². The van der Waals surface area contributed by atoms with Gasteiger partial charge in [-0.25, -0.2) is 35.4 Å². The normalized spacial score (nSPS) is 16.8. The van der Waals surface area contributed by atoms with Gasteiger partial charge in [0.15, 0.2) is 21.3 Å². The fourth-order valence-electron chi connectivity index (χ4n) is 8.52. The van der Waals surface area contributed by atoms with E-state index in [1.54, 1.807) is 0 Å². The van der Waals surface area contributed by atoms with Crippen LogP contribution in [0.4, 0.5) is 54.5 Å². The molecule has 3 atom stereocenters. The van der Waals surface area contributed by atoms with Crippen LogP contribution in [0.2, 0.25) is 5.02 Å². The van der Waals surface area contributed by atoms with Crippen LogP contribution in [-0.4, -0.2) is 106 Å². The lowest BCUT2D eigenvalue weighted by molar-refractivity contribution is -0.143. The van der Waals surface area contributed by atoms with E-state index in [0.717, 1.165) is 54.6 Å². The molecule has 3 heterocycles. The lowest BCUT2D eigenvalue weighted by Gasteiger charge is -2.23.